The standard InChI is InChI=1S/C21H20O8/c1-11(22)7-19(24)27-17-9-14-13-5-3-4-6-16(13)29-21(26)15(14)10-18(17)28-20(25)8-12(2)23/h3-6,9-12,22-23H,7-8H2,1-2H3/t11-,12-/m1/s1. The average molecular weight is 400 g/mol. The molecule has 0 spiro atoms. The summed E-state index contributed by atoms with van der Waals surface area (Å²) in [4.78, 5) is 36.5. The van der Waals surface area contributed by atoms with Crippen molar-refractivity contribution < 1.29 is 33.7 Å². The van der Waals surface area contributed by atoms with Crippen molar-refractivity contribution in [1.82, 2.24) is 0 Å². The highest BCUT2D eigenvalue weighted by Crippen LogP contribution is 2.35. The molecule has 1 heterocycles. The minimum atomic E-state index is -0.932. The van der Waals surface area contributed by atoms with Gasteiger partial charge in [-0.3, -0.25) is 9.59 Å². The van der Waals surface area contributed by atoms with Gasteiger partial charge in [0.25, 0.3) is 0 Å². The number of rotatable bonds is 6. The summed E-state index contributed by atoms with van der Waals surface area (Å²) in [5.41, 5.74) is -0.293. The minimum Gasteiger partial charge on any atom is -0.422 e. The summed E-state index contributed by atoms with van der Waals surface area (Å²) in [6.45, 7) is 2.86. The number of esters is 2. The molecular formula is C21H20O8. The lowest BCUT2D eigenvalue weighted by atomic mass is 10.1. The molecule has 3 aromatic rings. The van der Waals surface area contributed by atoms with Crippen LogP contribution in [0.2, 0.25) is 0 Å². The smallest absolute Gasteiger partial charge is 0.344 e. The van der Waals surface area contributed by atoms with Crippen molar-refractivity contribution in [2.24, 2.45) is 0 Å². The number of fused-ring (bicyclic) bond motifs is 3. The van der Waals surface area contributed by atoms with Crippen molar-refractivity contribution in [2.45, 2.75) is 38.9 Å². The first kappa shape index (κ1) is 20.5. The van der Waals surface area contributed by atoms with E-state index in [4.69, 9.17) is 13.9 Å². The molecule has 29 heavy (non-hydrogen) atoms. The summed E-state index contributed by atoms with van der Waals surface area (Å²) in [6.07, 6.45) is -2.40. The van der Waals surface area contributed by atoms with Crippen LogP contribution >= 0.6 is 0 Å². The van der Waals surface area contributed by atoms with Gasteiger partial charge in [0.05, 0.1) is 30.4 Å². The Balaban J connectivity index is 2.15. The molecule has 0 saturated heterocycles. The van der Waals surface area contributed by atoms with Crippen molar-refractivity contribution >= 4 is 33.7 Å². The second-order valence-corrected chi connectivity index (χ2v) is 6.78. The number of carbonyl (C=O) groups excluding carboxylic acids is 2. The summed E-state index contributed by atoms with van der Waals surface area (Å²) in [5, 5.41) is 20.0. The van der Waals surface area contributed by atoms with Crippen molar-refractivity contribution in [1.29, 1.82) is 0 Å². The first-order valence-electron chi connectivity index (χ1n) is 9.01. The van der Waals surface area contributed by atoms with Gasteiger partial charge >= 0.3 is 17.6 Å². The molecule has 8 nitrogen and oxygen atoms in total. The molecule has 0 bridgehead atoms. The van der Waals surface area contributed by atoms with E-state index < -0.39 is 29.8 Å². The summed E-state index contributed by atoms with van der Waals surface area (Å²) in [7, 11) is 0. The zero-order valence-electron chi connectivity index (χ0n) is 15.9. The zero-order valence-corrected chi connectivity index (χ0v) is 15.9. The molecule has 0 saturated carbocycles. The number of para-hydroxylation sites is 1. The second kappa shape index (κ2) is 8.42. The van der Waals surface area contributed by atoms with E-state index in [1.54, 1.807) is 24.3 Å². The molecule has 1 aromatic heterocycles. The summed E-state index contributed by atoms with van der Waals surface area (Å²) in [6, 6.07) is 9.52. The molecule has 8 heteroatoms. The molecule has 2 atom stereocenters. The minimum absolute atomic E-state index is 0.0853. The highest BCUT2D eigenvalue weighted by molar-refractivity contribution is 6.05. The van der Waals surface area contributed by atoms with Crippen LogP contribution in [0.1, 0.15) is 26.7 Å². The maximum absolute atomic E-state index is 12.4. The first-order chi connectivity index (χ1) is 13.7. The Labute approximate surface area is 165 Å². The van der Waals surface area contributed by atoms with E-state index in [0.29, 0.717) is 16.4 Å². The van der Waals surface area contributed by atoms with E-state index in [-0.39, 0.29) is 29.7 Å². The van der Waals surface area contributed by atoms with Gasteiger partial charge in [0.2, 0.25) is 0 Å². The quantitative estimate of drug-likeness (QED) is 0.280. The van der Waals surface area contributed by atoms with Crippen molar-refractivity contribution in [3.63, 3.8) is 0 Å². The number of aliphatic hydroxyl groups is 2. The van der Waals surface area contributed by atoms with Crippen LogP contribution in [0.3, 0.4) is 0 Å². The van der Waals surface area contributed by atoms with Crippen LogP contribution in [0.4, 0.5) is 0 Å². The Kier molecular flexibility index (Phi) is 5.95. The Morgan fingerprint density at radius 3 is 1.97 bits per heavy atom. The molecule has 0 fully saturated rings. The highest BCUT2D eigenvalue weighted by Gasteiger charge is 2.20. The number of hydrogen-bond acceptors (Lipinski definition) is 8. The van der Waals surface area contributed by atoms with Crippen molar-refractivity contribution in [3.8, 4) is 11.5 Å². The third-order valence-corrected chi connectivity index (χ3v) is 4.06. The van der Waals surface area contributed by atoms with Crippen LogP contribution in [0.5, 0.6) is 11.5 Å². The van der Waals surface area contributed by atoms with Crippen LogP contribution in [-0.2, 0) is 9.59 Å². The molecule has 0 radical (unpaired) electrons. The molecule has 3 rings (SSSR count). The summed E-state index contributed by atoms with van der Waals surface area (Å²) >= 11 is 0. The fourth-order valence-corrected chi connectivity index (χ4v) is 2.86. The maximum atomic E-state index is 12.4. The Hall–Kier alpha value is -3.23. The second-order valence-electron chi connectivity index (χ2n) is 6.78. The third kappa shape index (κ3) is 4.79. The number of hydrogen-bond donors (Lipinski definition) is 2. The third-order valence-electron chi connectivity index (χ3n) is 4.06. The molecule has 2 N–H and O–H groups in total. The molecule has 0 aliphatic rings. The van der Waals surface area contributed by atoms with E-state index in [2.05, 4.69) is 0 Å². The van der Waals surface area contributed by atoms with Crippen LogP contribution in [0, 0.1) is 0 Å². The molecular weight excluding hydrogens is 380 g/mol. The molecule has 0 amide bonds. The lowest BCUT2D eigenvalue weighted by molar-refractivity contribution is -0.139. The van der Waals surface area contributed by atoms with E-state index in [1.165, 1.54) is 26.0 Å². The fourth-order valence-electron chi connectivity index (χ4n) is 2.86. The maximum Gasteiger partial charge on any atom is 0.344 e. The van der Waals surface area contributed by atoms with Gasteiger partial charge in [0.1, 0.15) is 5.58 Å². The van der Waals surface area contributed by atoms with E-state index in [0.717, 1.165) is 0 Å². The van der Waals surface area contributed by atoms with Gasteiger partial charge in [-0.1, -0.05) is 18.2 Å². The lowest BCUT2D eigenvalue weighted by Crippen LogP contribution is -2.18. The fraction of sp³-hybridized carbons (Fsp3) is 0.286. The normalized spacial score (nSPS) is 13.2. The number of aliphatic hydroxyl groups excluding tert-OH is 2. The highest BCUT2D eigenvalue weighted by atomic mass is 16.6. The zero-order chi connectivity index (χ0) is 21.1. The van der Waals surface area contributed by atoms with Crippen molar-refractivity contribution in [3.05, 3.63) is 46.8 Å². The van der Waals surface area contributed by atoms with E-state index in [1.807, 2.05) is 0 Å². The van der Waals surface area contributed by atoms with Gasteiger partial charge in [-0.25, -0.2) is 4.79 Å². The monoisotopic (exact) mass is 400 g/mol. The molecule has 2 aromatic carbocycles. The summed E-state index contributed by atoms with van der Waals surface area (Å²) < 4.78 is 15.8. The van der Waals surface area contributed by atoms with Crippen LogP contribution < -0.4 is 15.1 Å². The van der Waals surface area contributed by atoms with Crippen LogP contribution in [0.15, 0.2) is 45.6 Å². The first-order valence-corrected chi connectivity index (χ1v) is 9.01. The van der Waals surface area contributed by atoms with Gasteiger partial charge in [-0.2, -0.15) is 0 Å². The average Bonchev–Trinajstić information content (AvgIpc) is 2.61. The van der Waals surface area contributed by atoms with Gasteiger partial charge in [0.15, 0.2) is 11.5 Å². The van der Waals surface area contributed by atoms with Gasteiger partial charge in [-0.15, -0.1) is 0 Å². The van der Waals surface area contributed by atoms with Gasteiger partial charge < -0.3 is 24.1 Å². The largest absolute Gasteiger partial charge is 0.422 e. The molecule has 0 aliphatic heterocycles. The molecule has 0 aliphatic carbocycles. The van der Waals surface area contributed by atoms with Crippen LogP contribution in [-0.4, -0.2) is 34.4 Å². The van der Waals surface area contributed by atoms with Crippen molar-refractivity contribution in [2.75, 3.05) is 0 Å². The Morgan fingerprint density at radius 2 is 1.41 bits per heavy atom. The van der Waals surface area contributed by atoms with E-state index >= 15 is 0 Å². The number of carbonyl (C=O) groups is 2. The predicted molar refractivity (Wildman–Crippen MR) is 104 cm³/mol. The Bertz CT molecular complexity index is 1130. The summed E-state index contributed by atoms with van der Waals surface area (Å²) in [5.74, 6) is -1.75. The van der Waals surface area contributed by atoms with E-state index in [9.17, 15) is 24.6 Å². The van der Waals surface area contributed by atoms with Gasteiger partial charge in [-0.05, 0) is 32.0 Å². The lowest BCUT2D eigenvalue weighted by Gasteiger charge is -2.13. The topological polar surface area (TPSA) is 123 Å². The van der Waals surface area contributed by atoms with Gasteiger partial charge in [0, 0.05) is 10.8 Å². The molecule has 152 valence electrons. The SMILES string of the molecule is C[C@@H](O)CC(=O)Oc1cc2c(=O)oc3ccccc3c2cc1OC(=O)C[C@@H](C)O. The number of ether oxygens (including phenoxy) is 2. The number of benzene rings is 2. The molecule has 0 unspecified atom stereocenters. The van der Waals surface area contributed by atoms with Crippen LogP contribution in [0.25, 0.3) is 21.7 Å². The Morgan fingerprint density at radius 1 is 0.897 bits per heavy atom. The predicted octanol–water partition coefficient (Wildman–Crippen LogP) is 2.30.